The molecule has 1 aliphatic heterocycles. The first-order chi connectivity index (χ1) is 14.6. The van der Waals surface area contributed by atoms with Crippen molar-refractivity contribution in [3.05, 3.63) is 65.7 Å². The van der Waals surface area contributed by atoms with E-state index in [1.807, 2.05) is 30.3 Å². The van der Waals surface area contributed by atoms with E-state index in [1.165, 1.54) is 0 Å². The van der Waals surface area contributed by atoms with Gasteiger partial charge in [-0.05, 0) is 37.1 Å². The molecule has 0 atom stereocenters. The number of guanidine groups is 1. The second-order valence-corrected chi connectivity index (χ2v) is 8.11. The second-order valence-electron chi connectivity index (χ2n) is 8.11. The Kier molecular flexibility index (Phi) is 10.6. The largest absolute Gasteiger partial charge is 0.489 e. The van der Waals surface area contributed by atoms with Gasteiger partial charge >= 0.3 is 0 Å². The summed E-state index contributed by atoms with van der Waals surface area (Å²) in [6.07, 6.45) is 0. The molecule has 0 unspecified atom stereocenters. The number of ether oxygens (including phenoxy) is 2. The lowest BCUT2D eigenvalue weighted by Gasteiger charge is -2.41. The third-order valence-corrected chi connectivity index (χ3v) is 5.39. The lowest BCUT2D eigenvalue weighted by atomic mass is 10.0. The van der Waals surface area contributed by atoms with E-state index >= 15 is 0 Å². The van der Waals surface area contributed by atoms with Gasteiger partial charge in [0.2, 0.25) is 0 Å². The number of hydrogen-bond acceptors (Lipinski definition) is 4. The standard InChI is InChI=1S/C24H34N4O2.HI/c1-24(2,28-12-14-29-15-13-28)19-27-23(25-3)26-17-21-10-7-11-22(16-21)30-18-20-8-5-4-6-9-20;/h4-11,16H,12-15,17-19H2,1-3H3,(H2,25,26,27);1H. The van der Waals surface area contributed by atoms with E-state index in [9.17, 15) is 0 Å². The van der Waals surface area contributed by atoms with E-state index in [1.54, 1.807) is 7.05 Å². The normalized spacial score (nSPS) is 15.1. The molecule has 0 aliphatic carbocycles. The highest BCUT2D eigenvalue weighted by Crippen LogP contribution is 2.16. The third kappa shape index (κ3) is 8.31. The van der Waals surface area contributed by atoms with E-state index < -0.39 is 0 Å². The van der Waals surface area contributed by atoms with Crippen molar-refractivity contribution in [2.24, 2.45) is 4.99 Å². The van der Waals surface area contributed by atoms with Crippen LogP contribution in [0, 0.1) is 0 Å². The van der Waals surface area contributed by atoms with Gasteiger partial charge in [0.25, 0.3) is 0 Å². The highest BCUT2D eigenvalue weighted by molar-refractivity contribution is 14.0. The molecule has 170 valence electrons. The van der Waals surface area contributed by atoms with Crippen LogP contribution in [0.2, 0.25) is 0 Å². The fourth-order valence-electron chi connectivity index (χ4n) is 3.47. The number of morpholine rings is 1. The summed E-state index contributed by atoms with van der Waals surface area (Å²) in [5.74, 6) is 1.67. The monoisotopic (exact) mass is 538 g/mol. The molecule has 0 spiro atoms. The lowest BCUT2D eigenvalue weighted by molar-refractivity contribution is -0.00834. The predicted molar refractivity (Wildman–Crippen MR) is 137 cm³/mol. The molecular formula is C24H35IN4O2. The summed E-state index contributed by atoms with van der Waals surface area (Å²) in [5, 5.41) is 6.87. The van der Waals surface area contributed by atoms with Gasteiger partial charge in [-0.25, -0.2) is 0 Å². The molecule has 31 heavy (non-hydrogen) atoms. The maximum absolute atomic E-state index is 5.94. The number of hydrogen-bond donors (Lipinski definition) is 2. The van der Waals surface area contributed by atoms with Crippen molar-refractivity contribution in [1.29, 1.82) is 0 Å². The number of rotatable bonds is 8. The Morgan fingerprint density at radius 1 is 1.03 bits per heavy atom. The van der Waals surface area contributed by atoms with Gasteiger partial charge in [0.1, 0.15) is 12.4 Å². The van der Waals surface area contributed by atoms with Crippen molar-refractivity contribution < 1.29 is 9.47 Å². The Morgan fingerprint density at radius 2 is 1.74 bits per heavy atom. The summed E-state index contributed by atoms with van der Waals surface area (Å²) in [6, 6.07) is 18.4. The molecule has 2 aromatic carbocycles. The second kappa shape index (κ2) is 12.9. The maximum Gasteiger partial charge on any atom is 0.191 e. The topological polar surface area (TPSA) is 58.1 Å². The summed E-state index contributed by atoms with van der Waals surface area (Å²) >= 11 is 0. The highest BCUT2D eigenvalue weighted by atomic mass is 127. The van der Waals surface area contributed by atoms with Gasteiger partial charge in [0.05, 0.1) is 13.2 Å². The van der Waals surface area contributed by atoms with Crippen molar-refractivity contribution in [2.75, 3.05) is 39.9 Å². The van der Waals surface area contributed by atoms with Crippen LogP contribution in [0.4, 0.5) is 0 Å². The molecule has 0 saturated carbocycles. The number of aliphatic imine (C=N–C) groups is 1. The Balaban J connectivity index is 0.00000341. The molecule has 1 aliphatic rings. The number of halogens is 1. The molecule has 0 aromatic heterocycles. The average Bonchev–Trinajstić information content (AvgIpc) is 2.79. The molecule has 7 heteroatoms. The van der Waals surface area contributed by atoms with Crippen molar-refractivity contribution in [2.45, 2.75) is 32.5 Å². The zero-order valence-electron chi connectivity index (χ0n) is 18.8. The van der Waals surface area contributed by atoms with Crippen LogP contribution in [0.1, 0.15) is 25.0 Å². The zero-order valence-corrected chi connectivity index (χ0v) is 21.1. The van der Waals surface area contributed by atoms with E-state index in [4.69, 9.17) is 9.47 Å². The van der Waals surface area contributed by atoms with Gasteiger partial charge in [-0.15, -0.1) is 24.0 Å². The smallest absolute Gasteiger partial charge is 0.191 e. The Morgan fingerprint density at radius 3 is 2.45 bits per heavy atom. The molecule has 0 radical (unpaired) electrons. The van der Waals surface area contributed by atoms with Crippen molar-refractivity contribution in [3.63, 3.8) is 0 Å². The Bertz CT molecular complexity index is 808. The maximum atomic E-state index is 5.94. The summed E-state index contributed by atoms with van der Waals surface area (Å²) < 4.78 is 11.4. The van der Waals surface area contributed by atoms with Crippen molar-refractivity contribution in [1.82, 2.24) is 15.5 Å². The van der Waals surface area contributed by atoms with Crippen molar-refractivity contribution in [3.8, 4) is 5.75 Å². The van der Waals surface area contributed by atoms with Crippen LogP contribution in [0.3, 0.4) is 0 Å². The van der Waals surface area contributed by atoms with E-state index in [2.05, 4.69) is 58.6 Å². The minimum absolute atomic E-state index is 0. The Hall–Kier alpha value is -1.84. The first-order valence-corrected chi connectivity index (χ1v) is 10.6. The van der Waals surface area contributed by atoms with E-state index in [0.29, 0.717) is 13.2 Å². The van der Waals surface area contributed by atoms with E-state index in [0.717, 1.165) is 55.7 Å². The highest BCUT2D eigenvalue weighted by Gasteiger charge is 2.28. The van der Waals surface area contributed by atoms with Gasteiger partial charge in [0.15, 0.2) is 5.96 Å². The molecule has 2 aromatic rings. The molecule has 0 amide bonds. The van der Waals surface area contributed by atoms with Gasteiger partial charge in [0, 0.05) is 38.8 Å². The zero-order chi connectivity index (χ0) is 21.2. The van der Waals surface area contributed by atoms with Gasteiger partial charge in [-0.3, -0.25) is 9.89 Å². The first-order valence-electron chi connectivity index (χ1n) is 10.6. The van der Waals surface area contributed by atoms with Gasteiger partial charge < -0.3 is 20.1 Å². The van der Waals surface area contributed by atoms with Gasteiger partial charge in [-0.1, -0.05) is 42.5 Å². The van der Waals surface area contributed by atoms with Crippen LogP contribution in [0.25, 0.3) is 0 Å². The van der Waals surface area contributed by atoms with Crippen LogP contribution in [-0.4, -0.2) is 56.3 Å². The lowest BCUT2D eigenvalue weighted by Crippen LogP contribution is -2.56. The molecule has 1 fully saturated rings. The molecule has 1 saturated heterocycles. The Labute approximate surface area is 203 Å². The summed E-state index contributed by atoms with van der Waals surface area (Å²) in [5.41, 5.74) is 2.34. The van der Waals surface area contributed by atoms with Crippen LogP contribution in [-0.2, 0) is 17.9 Å². The minimum Gasteiger partial charge on any atom is -0.489 e. The minimum atomic E-state index is 0. The average molecular weight is 538 g/mol. The summed E-state index contributed by atoms with van der Waals surface area (Å²) in [4.78, 5) is 6.83. The molecule has 6 nitrogen and oxygen atoms in total. The number of benzene rings is 2. The van der Waals surface area contributed by atoms with Crippen LogP contribution in [0.5, 0.6) is 5.75 Å². The van der Waals surface area contributed by atoms with Gasteiger partial charge in [-0.2, -0.15) is 0 Å². The van der Waals surface area contributed by atoms with Crippen LogP contribution >= 0.6 is 24.0 Å². The molecule has 0 bridgehead atoms. The first kappa shape index (κ1) is 25.4. The van der Waals surface area contributed by atoms with Crippen molar-refractivity contribution >= 4 is 29.9 Å². The number of nitrogens with zero attached hydrogens (tertiary/aromatic N) is 2. The fraction of sp³-hybridized carbons (Fsp3) is 0.458. The fourth-order valence-corrected chi connectivity index (χ4v) is 3.47. The SMILES string of the molecule is CN=C(NCc1cccc(OCc2ccccc2)c1)NCC(C)(C)N1CCOCC1.I. The molecule has 1 heterocycles. The molecular weight excluding hydrogens is 503 g/mol. The number of nitrogens with one attached hydrogen (secondary N) is 2. The molecule has 2 N–H and O–H groups in total. The quantitative estimate of drug-likeness (QED) is 0.305. The van der Waals surface area contributed by atoms with E-state index in [-0.39, 0.29) is 29.5 Å². The predicted octanol–water partition coefficient (Wildman–Crippen LogP) is 3.66. The van der Waals surface area contributed by atoms with Crippen LogP contribution in [0.15, 0.2) is 59.6 Å². The molecule has 3 rings (SSSR count). The van der Waals surface area contributed by atoms with Crippen LogP contribution < -0.4 is 15.4 Å². The summed E-state index contributed by atoms with van der Waals surface area (Å²) in [6.45, 7) is 10.1. The summed E-state index contributed by atoms with van der Waals surface area (Å²) in [7, 11) is 1.80. The third-order valence-electron chi connectivity index (χ3n) is 5.39.